The summed E-state index contributed by atoms with van der Waals surface area (Å²) in [6.45, 7) is 0. The van der Waals surface area contributed by atoms with E-state index in [0.29, 0.717) is 0 Å². The number of halogens is 28. The van der Waals surface area contributed by atoms with Gasteiger partial charge in [0.2, 0.25) is 23.3 Å². The zero-order valence-electron chi connectivity index (χ0n) is 27.2. The topological polar surface area (TPSA) is 0 Å². The number of rotatable bonds is 8. The molecule has 0 aromatic heterocycles. The second-order valence-electron chi connectivity index (χ2n) is 11.3. The number of hydrogen-bond acceptors (Lipinski definition) is 0. The molecule has 0 saturated carbocycles. The maximum Gasteiger partial charge on any atom is 0.306 e. The van der Waals surface area contributed by atoms with Crippen LogP contribution >= 0.6 is 0 Å². The fraction of sp³-hybridized carbons (Fsp3) is 0. The summed E-state index contributed by atoms with van der Waals surface area (Å²) in [7, 11) is 0. The highest BCUT2D eigenvalue weighted by molar-refractivity contribution is 7.20. The first-order valence-corrected chi connectivity index (χ1v) is 14.4. The summed E-state index contributed by atoms with van der Waals surface area (Å²) in [4.78, 5) is 0. The largest absolute Gasteiger partial charge is 0.306 e. The Balaban J connectivity index is 2.78. The van der Waals surface area contributed by atoms with Gasteiger partial charge in [-0.25, -0.2) is 87.8 Å². The van der Waals surface area contributed by atoms with Crippen molar-refractivity contribution < 1.29 is 123 Å². The fourth-order valence-corrected chi connectivity index (χ4v) is 6.13. The van der Waals surface area contributed by atoms with E-state index in [4.69, 9.17) is 0 Å². The first-order valence-electron chi connectivity index (χ1n) is 14.4. The molecular weight excluding hydrogens is 927 g/mol. The van der Waals surface area contributed by atoms with Crippen molar-refractivity contribution in [3.8, 4) is 0 Å². The maximum absolute atomic E-state index is 16.2. The average molecular weight is 927 g/mol. The zero-order chi connectivity index (χ0) is 47.0. The van der Waals surface area contributed by atoms with Crippen molar-refractivity contribution in [3.63, 3.8) is 0 Å². The highest BCUT2D eigenvalue weighted by Gasteiger charge is 2.53. The molecule has 61 heavy (non-hydrogen) atoms. The monoisotopic (exact) mass is 927 g/mol. The Morgan fingerprint density at radius 2 is 0.311 bits per heavy atom. The highest BCUT2D eigenvalue weighted by atomic mass is 19.3. The Labute approximate surface area is 314 Å². The van der Waals surface area contributed by atoms with Gasteiger partial charge in [-0.3, -0.25) is 0 Å². The Kier molecular flexibility index (Phi) is 12.8. The van der Waals surface area contributed by atoms with Gasteiger partial charge in [-0.1, -0.05) is 0 Å². The lowest BCUT2D eigenvalue weighted by Crippen LogP contribution is -2.81. The minimum absolute atomic E-state index is 3.48. The van der Waals surface area contributed by atoms with Crippen LogP contribution in [0, 0.1) is 93.1 Å². The van der Waals surface area contributed by atoms with Crippen LogP contribution in [0.2, 0.25) is 0 Å². The molecule has 0 amide bonds. The third-order valence-electron chi connectivity index (χ3n) is 8.46. The minimum atomic E-state index is -8.01. The van der Waals surface area contributed by atoms with Crippen LogP contribution in [-0.4, -0.2) is 6.15 Å². The summed E-state index contributed by atoms with van der Waals surface area (Å²) in [5.41, 5.74) is -30.5. The van der Waals surface area contributed by atoms with Gasteiger partial charge in [-0.2, -0.15) is 35.1 Å². The summed E-state index contributed by atoms with van der Waals surface area (Å²) >= 11 is 0. The first-order chi connectivity index (χ1) is 28.0. The van der Waals surface area contributed by atoms with Crippen LogP contribution in [0.3, 0.4) is 0 Å². The standard InChI is InChI=1S/C32BF28/c34-9-1(17(42)29(54)55)10(35)22(47)5(21(9)46)33(6-23(48)11(36)2(12(37)24(6)49)18(43)30(56)57,7-25(50)13(38)3(14(39)26(7)51)19(44)31(58)59)8-27(52)15(40)4(16(41)28(8)53)20(45)32(60)61/q-1. The molecule has 0 aliphatic heterocycles. The molecule has 328 valence electrons. The van der Waals surface area contributed by atoms with E-state index in [9.17, 15) is 52.7 Å². The predicted octanol–water partition coefficient (Wildman–Crippen LogP) is 11.4. The van der Waals surface area contributed by atoms with Crippen molar-refractivity contribution in [1.82, 2.24) is 0 Å². The van der Waals surface area contributed by atoms with Crippen molar-refractivity contribution in [3.05, 3.63) is 140 Å². The Morgan fingerprint density at radius 3 is 0.410 bits per heavy atom. The van der Waals surface area contributed by atoms with E-state index in [2.05, 4.69) is 0 Å². The smallest absolute Gasteiger partial charge is 0.207 e. The maximum atomic E-state index is 16.2. The van der Waals surface area contributed by atoms with Crippen molar-refractivity contribution in [2.75, 3.05) is 0 Å². The molecule has 0 spiro atoms. The van der Waals surface area contributed by atoms with Crippen LogP contribution < -0.4 is 21.9 Å². The highest BCUT2D eigenvalue weighted by Crippen LogP contribution is 2.38. The van der Waals surface area contributed by atoms with Crippen molar-refractivity contribution in [2.24, 2.45) is 0 Å². The fourth-order valence-electron chi connectivity index (χ4n) is 6.13. The quantitative estimate of drug-likeness (QED) is 0.0938. The van der Waals surface area contributed by atoms with Gasteiger partial charge in [0.05, 0.1) is 22.3 Å². The van der Waals surface area contributed by atoms with Crippen molar-refractivity contribution >= 4 is 51.3 Å². The van der Waals surface area contributed by atoms with Crippen LogP contribution in [0.4, 0.5) is 123 Å². The molecule has 0 bridgehead atoms. The lowest BCUT2D eigenvalue weighted by molar-refractivity contribution is 0.402. The molecule has 0 nitrogen and oxygen atoms in total. The second-order valence-corrected chi connectivity index (χ2v) is 11.3. The summed E-state index contributed by atoms with van der Waals surface area (Å²) < 4.78 is 414. The molecule has 0 radical (unpaired) electrons. The van der Waals surface area contributed by atoms with Crippen LogP contribution in [0.5, 0.6) is 0 Å². The molecule has 0 heterocycles. The van der Waals surface area contributed by atoms with Gasteiger partial charge < -0.3 is 0 Å². The van der Waals surface area contributed by atoms with Gasteiger partial charge in [-0.05, 0) is 0 Å². The average Bonchev–Trinajstić information content (AvgIpc) is 3.17. The van der Waals surface area contributed by atoms with E-state index >= 15 is 70.2 Å². The summed E-state index contributed by atoms with van der Waals surface area (Å²) in [5.74, 6) is -81.2. The summed E-state index contributed by atoms with van der Waals surface area (Å²) in [6, 6.07) is 0. The molecule has 0 saturated heterocycles. The zero-order valence-corrected chi connectivity index (χ0v) is 27.2. The molecule has 0 aliphatic carbocycles. The summed E-state index contributed by atoms with van der Waals surface area (Å²) in [5, 5.41) is 0. The van der Waals surface area contributed by atoms with Crippen LogP contribution in [0.1, 0.15) is 22.3 Å². The summed E-state index contributed by atoms with van der Waals surface area (Å²) in [6.07, 6.45) is -24.2. The molecule has 0 unspecified atom stereocenters. The first kappa shape index (κ1) is 47.6. The Hall–Kier alpha value is -6.06. The van der Waals surface area contributed by atoms with Crippen molar-refractivity contribution in [2.45, 2.75) is 0 Å². The van der Waals surface area contributed by atoms with Gasteiger partial charge >= 0.3 is 24.3 Å². The van der Waals surface area contributed by atoms with Gasteiger partial charge in [0.25, 0.3) is 0 Å². The SMILES string of the molecule is FC(F)=C(F)c1c(F)c(F)c([B-](c2c(F)c(F)c(C(F)=C(F)F)c(F)c2F)(c2c(F)c(F)c(C(F)=C(F)F)c(F)c2F)c2c(F)c(F)c(C(F)=C(F)F)c(F)c2F)c(F)c1F. The minimum Gasteiger partial charge on any atom is -0.207 e. The molecule has 0 fully saturated rings. The van der Waals surface area contributed by atoms with Gasteiger partial charge in [0, 0.05) is 0 Å². The molecular formula is C32BF28-. The van der Waals surface area contributed by atoms with E-state index in [1.807, 2.05) is 0 Å². The van der Waals surface area contributed by atoms with E-state index in [1.165, 1.54) is 0 Å². The molecule has 4 rings (SSSR count). The van der Waals surface area contributed by atoms with Crippen LogP contribution in [0.25, 0.3) is 23.3 Å². The van der Waals surface area contributed by atoms with Crippen LogP contribution in [0.15, 0.2) is 24.3 Å². The van der Waals surface area contributed by atoms with Crippen molar-refractivity contribution in [1.29, 1.82) is 0 Å². The van der Waals surface area contributed by atoms with E-state index in [0.717, 1.165) is 0 Å². The molecule has 4 aromatic rings. The molecule has 29 heteroatoms. The third-order valence-corrected chi connectivity index (χ3v) is 8.46. The second kappa shape index (κ2) is 16.4. The lowest BCUT2D eigenvalue weighted by atomic mass is 9.12. The Morgan fingerprint density at radius 1 is 0.197 bits per heavy atom. The van der Waals surface area contributed by atoms with Gasteiger partial charge in [0.15, 0.2) is 46.5 Å². The third kappa shape index (κ3) is 6.83. The van der Waals surface area contributed by atoms with Crippen LogP contribution in [-0.2, 0) is 0 Å². The Bertz CT molecular complexity index is 2220. The van der Waals surface area contributed by atoms with E-state index < -0.39 is 191 Å². The normalized spacial score (nSPS) is 11.6. The predicted molar refractivity (Wildman–Crippen MR) is 150 cm³/mol. The molecule has 4 aromatic carbocycles. The van der Waals surface area contributed by atoms with E-state index in [-0.39, 0.29) is 0 Å². The number of hydrogen-bond donors (Lipinski definition) is 0. The lowest BCUT2D eigenvalue weighted by Gasteiger charge is -2.45. The number of benzene rings is 4. The molecule has 0 aliphatic rings. The molecule has 0 atom stereocenters. The van der Waals surface area contributed by atoms with E-state index in [1.54, 1.807) is 0 Å². The molecule has 0 N–H and O–H groups in total. The van der Waals surface area contributed by atoms with Gasteiger partial charge in [-0.15, -0.1) is 21.9 Å². The van der Waals surface area contributed by atoms with Gasteiger partial charge in [0.1, 0.15) is 52.7 Å².